The van der Waals surface area contributed by atoms with E-state index in [-0.39, 0.29) is 44.6 Å². The maximum absolute atomic E-state index is 13.7. The molecule has 10 nitrogen and oxygen atoms in total. The van der Waals surface area contributed by atoms with Crippen LogP contribution in [-0.2, 0) is 38.3 Å². The summed E-state index contributed by atoms with van der Waals surface area (Å²) < 4.78 is 40.1. The van der Waals surface area contributed by atoms with Gasteiger partial charge in [0.15, 0.2) is 0 Å². The number of esters is 1. The zero-order chi connectivity index (χ0) is 40.6. The van der Waals surface area contributed by atoms with Crippen molar-refractivity contribution in [3.05, 3.63) is 80.4 Å². The molecular formula is C40H58F2N4O6Se2. The zero-order valence-electron chi connectivity index (χ0n) is 32.6. The summed E-state index contributed by atoms with van der Waals surface area (Å²) in [6.07, 6.45) is 8.43. The number of nitrogens with zero attached hydrogens (tertiary/aromatic N) is 2. The standard InChI is InChI=1S/C19H26FN3O2Se.C12H22O4.C9H10FNSe/c1-19(2,3)25-18(24)21-12-8-4-5-11-16-22-23-17(26-16)13-14-9-6-7-10-15(14)20;1-12(2,3)16-11(15)9-7-5-4-6-8-10(13)14;10-9-4-2-1-3-7(9)5-8(12)6-11/h6-7,9-10H,4-5,8,11-13H2,1-3H3,(H,21,24);4-9H2,1-3H3,(H,13,14);1-4H,5-6,11H2. The van der Waals surface area contributed by atoms with E-state index >= 15 is 0 Å². The van der Waals surface area contributed by atoms with Crippen molar-refractivity contribution in [3.63, 3.8) is 0 Å². The number of nitrogens with two attached hydrogens (primary N) is 1. The van der Waals surface area contributed by atoms with Crippen LogP contribution in [0.1, 0.15) is 120 Å². The van der Waals surface area contributed by atoms with Crippen molar-refractivity contribution in [1.82, 2.24) is 15.5 Å². The van der Waals surface area contributed by atoms with E-state index in [0.29, 0.717) is 49.9 Å². The monoisotopic (exact) mass is 888 g/mol. The number of ether oxygens (including phenoxy) is 2. The van der Waals surface area contributed by atoms with Crippen LogP contribution in [0, 0.1) is 11.6 Å². The number of alkyl carbamates (subject to hydrolysis) is 1. The van der Waals surface area contributed by atoms with Crippen LogP contribution in [0.15, 0.2) is 48.5 Å². The molecule has 0 aliphatic carbocycles. The topological polar surface area (TPSA) is 154 Å². The predicted octanol–water partition coefficient (Wildman–Crippen LogP) is 6.92. The molecule has 14 heteroatoms. The Labute approximate surface area is 333 Å². The Hall–Kier alpha value is -3.28. The van der Waals surface area contributed by atoms with E-state index in [0.717, 1.165) is 58.5 Å². The van der Waals surface area contributed by atoms with Gasteiger partial charge in [-0.15, -0.1) is 0 Å². The summed E-state index contributed by atoms with van der Waals surface area (Å²) in [6.45, 7) is 12.2. The first kappa shape index (κ1) is 48.7. The number of aromatic nitrogens is 2. The summed E-state index contributed by atoms with van der Waals surface area (Å²) in [7, 11) is 0. The first-order valence-electron chi connectivity index (χ1n) is 18.3. The van der Waals surface area contributed by atoms with Gasteiger partial charge in [-0.3, -0.25) is 9.59 Å². The molecule has 0 saturated heterocycles. The zero-order valence-corrected chi connectivity index (χ0v) is 36.0. The Kier molecular flexibility index (Phi) is 23.9. The molecular weight excluding hydrogens is 828 g/mol. The molecule has 3 aromatic rings. The van der Waals surface area contributed by atoms with E-state index in [9.17, 15) is 23.2 Å². The molecule has 0 aliphatic rings. The molecule has 0 saturated carbocycles. The third-order valence-electron chi connectivity index (χ3n) is 7.06. The Morgan fingerprint density at radius 2 is 1.31 bits per heavy atom. The Morgan fingerprint density at radius 3 is 1.87 bits per heavy atom. The van der Waals surface area contributed by atoms with Gasteiger partial charge in [0.1, 0.15) is 5.60 Å². The van der Waals surface area contributed by atoms with Gasteiger partial charge in [-0.1, -0.05) is 12.8 Å². The summed E-state index contributed by atoms with van der Waals surface area (Å²) >= 11 is 2.95. The van der Waals surface area contributed by atoms with Crippen LogP contribution in [0.3, 0.4) is 0 Å². The van der Waals surface area contributed by atoms with Gasteiger partial charge in [-0.2, -0.15) is 0 Å². The number of halogens is 2. The van der Waals surface area contributed by atoms with Gasteiger partial charge in [0.05, 0.1) is 0 Å². The summed E-state index contributed by atoms with van der Waals surface area (Å²) in [6, 6.07) is 13.5. The van der Waals surface area contributed by atoms with Crippen LogP contribution < -0.4 is 11.1 Å². The number of amides is 1. The summed E-state index contributed by atoms with van der Waals surface area (Å²) in [5.41, 5.74) is 5.87. The van der Waals surface area contributed by atoms with E-state index in [1.165, 1.54) is 12.1 Å². The number of nitrogens with one attached hydrogen (secondary N) is 1. The molecule has 54 heavy (non-hydrogen) atoms. The molecule has 4 N–H and O–H groups in total. The van der Waals surface area contributed by atoms with Crippen LogP contribution >= 0.6 is 0 Å². The van der Waals surface area contributed by atoms with Crippen molar-refractivity contribution in [1.29, 1.82) is 0 Å². The van der Waals surface area contributed by atoms with E-state index in [2.05, 4.69) is 31.1 Å². The van der Waals surface area contributed by atoms with Crippen molar-refractivity contribution in [2.75, 3.05) is 13.1 Å². The number of aliphatic carboxylic acids is 1. The number of unbranched alkanes of at least 4 members (excludes halogenated alkanes) is 5. The third-order valence-corrected chi connectivity index (χ3v) is 9.77. The first-order valence-corrected chi connectivity index (χ1v) is 20.9. The first-order chi connectivity index (χ1) is 25.4. The summed E-state index contributed by atoms with van der Waals surface area (Å²) in [5, 5.41) is 19.6. The minimum atomic E-state index is -0.757. The number of carbonyl (C=O) groups excluding carboxylic acids is 2. The molecule has 0 bridgehead atoms. The van der Waals surface area contributed by atoms with Gasteiger partial charge in [-0.25, -0.2) is 0 Å². The molecule has 1 aromatic heterocycles. The molecule has 1 amide bonds. The third kappa shape index (κ3) is 25.7. The SMILES string of the molecule is CC(C)(C)OC(=O)CCCCCCC(=O)O.CC(C)(C)OC(=O)NCCCCCc1nnc(Cc2ccccc2F)[se]1.NCC(=[Se])Cc1ccccc1F. The van der Waals surface area contributed by atoms with Crippen molar-refractivity contribution in [3.8, 4) is 0 Å². The molecule has 0 unspecified atom stereocenters. The van der Waals surface area contributed by atoms with E-state index in [1.54, 1.807) is 24.3 Å². The fraction of sp³-hybridized carbons (Fsp3) is 0.550. The molecule has 0 spiro atoms. The molecule has 3 rings (SSSR count). The predicted molar refractivity (Wildman–Crippen MR) is 211 cm³/mol. The number of benzene rings is 2. The van der Waals surface area contributed by atoms with Crippen LogP contribution in [0.4, 0.5) is 13.6 Å². The van der Waals surface area contributed by atoms with Gasteiger partial charge in [0.25, 0.3) is 0 Å². The van der Waals surface area contributed by atoms with Crippen molar-refractivity contribution in [2.24, 2.45) is 5.73 Å². The number of rotatable bonds is 18. The second kappa shape index (κ2) is 26.5. The number of carbonyl (C=O) groups is 3. The van der Waals surface area contributed by atoms with Gasteiger partial charge in [0.2, 0.25) is 0 Å². The Balaban J connectivity index is 0.000000444. The molecule has 0 aliphatic heterocycles. The second-order valence-electron chi connectivity index (χ2n) is 14.5. The maximum atomic E-state index is 13.7. The van der Waals surface area contributed by atoms with Crippen molar-refractivity contribution < 1.29 is 37.7 Å². The molecule has 2 aromatic carbocycles. The van der Waals surface area contributed by atoms with Gasteiger partial charge in [-0.05, 0) is 33.6 Å². The number of hydrogen-bond donors (Lipinski definition) is 3. The molecule has 0 fully saturated rings. The van der Waals surface area contributed by atoms with Gasteiger partial charge < -0.3 is 9.84 Å². The van der Waals surface area contributed by atoms with Crippen molar-refractivity contribution >= 4 is 52.5 Å². The fourth-order valence-corrected chi connectivity index (χ4v) is 6.80. The molecule has 0 radical (unpaired) electrons. The van der Waals surface area contributed by atoms with Crippen LogP contribution in [0.2, 0.25) is 0 Å². The van der Waals surface area contributed by atoms with E-state index in [1.807, 2.05) is 53.7 Å². The van der Waals surface area contributed by atoms with Gasteiger partial charge in [0, 0.05) is 12.8 Å². The van der Waals surface area contributed by atoms with Crippen LogP contribution in [0.5, 0.6) is 0 Å². The number of aryl methyl sites for hydroxylation is 1. The minimum absolute atomic E-state index is 0.122. The molecule has 0 atom stereocenters. The quantitative estimate of drug-likeness (QED) is 0.0702. The van der Waals surface area contributed by atoms with Crippen molar-refractivity contribution in [2.45, 2.75) is 130 Å². The average molecular weight is 887 g/mol. The Morgan fingerprint density at radius 1 is 0.778 bits per heavy atom. The summed E-state index contributed by atoms with van der Waals surface area (Å²) in [4.78, 5) is 33.0. The van der Waals surface area contributed by atoms with Crippen LogP contribution in [-0.4, -0.2) is 92.1 Å². The normalized spacial score (nSPS) is 11.0. The van der Waals surface area contributed by atoms with Gasteiger partial charge >= 0.3 is 251 Å². The number of hydrogen-bond acceptors (Lipinski definition) is 8. The van der Waals surface area contributed by atoms with Crippen LogP contribution in [0.25, 0.3) is 0 Å². The Bertz CT molecular complexity index is 1570. The fourth-order valence-electron chi connectivity index (χ4n) is 4.57. The number of carboxylic acid groups (broad SMARTS) is 1. The van der Waals surface area contributed by atoms with E-state index < -0.39 is 17.2 Å². The second-order valence-corrected chi connectivity index (χ2v) is 18.1. The number of carboxylic acids is 1. The molecule has 300 valence electrons. The average Bonchev–Trinajstić information content (AvgIpc) is 3.52. The van der Waals surface area contributed by atoms with E-state index in [4.69, 9.17) is 20.3 Å². The molecule has 1 heterocycles. The summed E-state index contributed by atoms with van der Waals surface area (Å²) in [5.74, 6) is -1.28.